The van der Waals surface area contributed by atoms with E-state index in [0.717, 1.165) is 5.41 Å². The maximum atomic E-state index is 12.2. The van der Waals surface area contributed by atoms with Gasteiger partial charge in [-0.3, -0.25) is 14.2 Å². The highest BCUT2D eigenvalue weighted by Crippen LogP contribution is 2.08. The van der Waals surface area contributed by atoms with Gasteiger partial charge in [0.1, 0.15) is 6.54 Å². The lowest BCUT2D eigenvalue weighted by atomic mass is 10.2. The zero-order valence-corrected chi connectivity index (χ0v) is 12.3. The summed E-state index contributed by atoms with van der Waals surface area (Å²) in [6.45, 7) is -0.207. The molecular formula is C14H13N3O4S. The van der Waals surface area contributed by atoms with E-state index in [4.69, 9.17) is 0 Å². The number of aromatic nitrogens is 2. The molecule has 1 aromatic heterocycles. The van der Waals surface area contributed by atoms with Crippen LogP contribution in [-0.2, 0) is 21.2 Å². The molecule has 0 saturated carbocycles. The lowest BCUT2D eigenvalue weighted by Crippen LogP contribution is -2.39. The number of fused-ring (bicyclic) bond motifs is 1. The molecule has 8 heteroatoms. The van der Waals surface area contributed by atoms with Gasteiger partial charge in [-0.1, -0.05) is 12.1 Å². The highest BCUT2D eigenvalue weighted by Gasteiger charge is 2.23. The first-order valence-corrected chi connectivity index (χ1v) is 8.31. The molecular weight excluding hydrogens is 306 g/mol. The molecule has 1 aromatic carbocycles. The number of hydrogen-bond donors (Lipinski definition) is 1. The van der Waals surface area contributed by atoms with Gasteiger partial charge in [0.05, 0.1) is 29.0 Å². The molecule has 0 saturated heterocycles. The van der Waals surface area contributed by atoms with E-state index in [1.54, 1.807) is 24.3 Å². The summed E-state index contributed by atoms with van der Waals surface area (Å²) in [5.41, 5.74) is 0.254. The fraction of sp³-hybridized carbons (Fsp3) is 0.214. The third-order valence-corrected chi connectivity index (χ3v) is 4.72. The number of carbonyl (C=O) groups is 1. The van der Waals surface area contributed by atoms with Gasteiger partial charge in [-0.15, -0.1) is 0 Å². The van der Waals surface area contributed by atoms with Gasteiger partial charge in [-0.25, -0.2) is 13.4 Å². The molecule has 1 aliphatic rings. The number of rotatable bonds is 3. The van der Waals surface area contributed by atoms with Crippen molar-refractivity contribution >= 4 is 26.6 Å². The Kier molecular flexibility index (Phi) is 3.53. The van der Waals surface area contributed by atoms with Crippen LogP contribution < -0.4 is 10.9 Å². The lowest BCUT2D eigenvalue weighted by molar-refractivity contribution is -0.122. The van der Waals surface area contributed by atoms with E-state index in [9.17, 15) is 18.0 Å². The van der Waals surface area contributed by atoms with Crippen molar-refractivity contribution < 1.29 is 13.2 Å². The van der Waals surface area contributed by atoms with Crippen molar-refractivity contribution in [3.8, 4) is 0 Å². The molecule has 0 radical (unpaired) electrons. The number of benzene rings is 1. The third-order valence-electron chi connectivity index (χ3n) is 3.32. The van der Waals surface area contributed by atoms with Crippen molar-refractivity contribution in [1.82, 2.24) is 14.9 Å². The molecule has 0 fully saturated rings. The Balaban J connectivity index is 1.76. The average Bonchev–Trinajstić information content (AvgIpc) is 2.81. The lowest BCUT2D eigenvalue weighted by Gasteiger charge is -2.11. The molecule has 0 unspecified atom stereocenters. The average molecular weight is 319 g/mol. The van der Waals surface area contributed by atoms with Gasteiger partial charge >= 0.3 is 0 Å². The molecule has 114 valence electrons. The Morgan fingerprint density at radius 3 is 2.86 bits per heavy atom. The summed E-state index contributed by atoms with van der Waals surface area (Å²) in [5, 5.41) is 4.08. The smallest absolute Gasteiger partial charge is 0.261 e. The summed E-state index contributed by atoms with van der Waals surface area (Å²) in [4.78, 5) is 28.3. The topological polar surface area (TPSA) is 98.1 Å². The molecule has 2 aromatic rings. The summed E-state index contributed by atoms with van der Waals surface area (Å²) in [5.74, 6) is -0.588. The number of carbonyl (C=O) groups excluding carboxylic acids is 1. The first-order chi connectivity index (χ1) is 10.4. The van der Waals surface area contributed by atoms with Gasteiger partial charge in [0.15, 0.2) is 9.84 Å². The zero-order chi connectivity index (χ0) is 15.7. The molecule has 1 N–H and O–H groups in total. The number of nitrogens with one attached hydrogen (secondary N) is 1. The van der Waals surface area contributed by atoms with Gasteiger partial charge in [0, 0.05) is 5.41 Å². The normalized spacial score (nSPS) is 19.4. The van der Waals surface area contributed by atoms with Crippen LogP contribution in [0.4, 0.5) is 0 Å². The van der Waals surface area contributed by atoms with Gasteiger partial charge in [0.2, 0.25) is 5.91 Å². The minimum atomic E-state index is -3.23. The zero-order valence-electron chi connectivity index (χ0n) is 11.5. The second kappa shape index (κ2) is 5.38. The second-order valence-electron chi connectivity index (χ2n) is 5.03. The van der Waals surface area contributed by atoms with Crippen molar-refractivity contribution in [2.24, 2.45) is 0 Å². The fourth-order valence-corrected chi connectivity index (χ4v) is 3.53. The largest absolute Gasteiger partial charge is 0.347 e. The van der Waals surface area contributed by atoms with Gasteiger partial charge < -0.3 is 5.32 Å². The number of hydrogen-bond acceptors (Lipinski definition) is 5. The molecule has 0 aliphatic carbocycles. The van der Waals surface area contributed by atoms with Crippen molar-refractivity contribution in [2.75, 3.05) is 5.75 Å². The summed E-state index contributed by atoms with van der Waals surface area (Å²) in [7, 11) is -3.23. The Morgan fingerprint density at radius 2 is 2.14 bits per heavy atom. The van der Waals surface area contributed by atoms with Crippen LogP contribution in [0, 0.1) is 0 Å². The van der Waals surface area contributed by atoms with Gasteiger partial charge in [-0.05, 0) is 18.2 Å². The predicted molar refractivity (Wildman–Crippen MR) is 80.9 cm³/mol. The minimum Gasteiger partial charge on any atom is -0.347 e. The maximum absolute atomic E-state index is 12.2. The number of para-hydroxylation sites is 1. The van der Waals surface area contributed by atoms with Crippen LogP contribution in [0.25, 0.3) is 10.9 Å². The minimum absolute atomic E-state index is 0.149. The number of sulfone groups is 1. The molecule has 1 aliphatic heterocycles. The van der Waals surface area contributed by atoms with E-state index in [-0.39, 0.29) is 17.9 Å². The molecule has 22 heavy (non-hydrogen) atoms. The van der Waals surface area contributed by atoms with E-state index in [2.05, 4.69) is 10.3 Å². The molecule has 0 bridgehead atoms. The Bertz CT molecular complexity index is 930. The summed E-state index contributed by atoms with van der Waals surface area (Å²) >= 11 is 0. The monoisotopic (exact) mass is 319 g/mol. The van der Waals surface area contributed by atoms with Crippen LogP contribution in [-0.4, -0.2) is 35.7 Å². The van der Waals surface area contributed by atoms with Crippen LogP contribution in [0.15, 0.2) is 46.9 Å². The summed E-state index contributed by atoms with van der Waals surface area (Å²) in [6.07, 6.45) is 2.74. The van der Waals surface area contributed by atoms with Gasteiger partial charge in [0.25, 0.3) is 5.56 Å². The molecule has 1 atom stereocenters. The molecule has 3 rings (SSSR count). The Labute approximate surface area is 126 Å². The standard InChI is InChI=1S/C14H13N3O4S/c18-13(16-10-5-6-22(20,21)8-10)7-17-9-15-12-4-2-1-3-11(12)14(17)19/h1-6,9-10H,7-8H2,(H,16,18)/t10-/m0/s1. The molecule has 0 spiro atoms. The van der Waals surface area contributed by atoms with Crippen molar-refractivity contribution in [3.05, 3.63) is 52.4 Å². The first-order valence-electron chi connectivity index (χ1n) is 6.59. The Morgan fingerprint density at radius 1 is 1.36 bits per heavy atom. The van der Waals surface area contributed by atoms with E-state index in [1.165, 1.54) is 17.0 Å². The molecule has 2 heterocycles. The van der Waals surface area contributed by atoms with Crippen LogP contribution in [0.5, 0.6) is 0 Å². The highest BCUT2D eigenvalue weighted by atomic mass is 32.2. The van der Waals surface area contributed by atoms with Crippen LogP contribution in [0.2, 0.25) is 0 Å². The first kappa shape index (κ1) is 14.5. The number of amides is 1. The summed E-state index contributed by atoms with van der Waals surface area (Å²) < 4.78 is 23.8. The summed E-state index contributed by atoms with van der Waals surface area (Å²) in [6, 6.07) is 6.31. The van der Waals surface area contributed by atoms with Crippen molar-refractivity contribution in [1.29, 1.82) is 0 Å². The second-order valence-corrected chi connectivity index (χ2v) is 6.96. The van der Waals surface area contributed by atoms with Crippen molar-refractivity contribution in [2.45, 2.75) is 12.6 Å². The van der Waals surface area contributed by atoms with E-state index < -0.39 is 21.8 Å². The van der Waals surface area contributed by atoms with E-state index >= 15 is 0 Å². The SMILES string of the molecule is O=C(Cn1cnc2ccccc2c1=O)N[C@H]1C=CS(=O)(=O)C1. The van der Waals surface area contributed by atoms with Crippen LogP contribution >= 0.6 is 0 Å². The highest BCUT2D eigenvalue weighted by molar-refractivity contribution is 7.94. The van der Waals surface area contributed by atoms with E-state index in [0.29, 0.717) is 10.9 Å². The maximum Gasteiger partial charge on any atom is 0.261 e. The molecule has 1 amide bonds. The fourth-order valence-electron chi connectivity index (χ4n) is 2.29. The third kappa shape index (κ3) is 2.91. The quantitative estimate of drug-likeness (QED) is 0.846. The Hall–Kier alpha value is -2.48. The number of nitrogens with zero attached hydrogens (tertiary/aromatic N) is 2. The van der Waals surface area contributed by atoms with Crippen LogP contribution in [0.3, 0.4) is 0 Å². The molecule has 7 nitrogen and oxygen atoms in total. The van der Waals surface area contributed by atoms with Crippen LogP contribution in [0.1, 0.15) is 0 Å². The van der Waals surface area contributed by atoms with Crippen molar-refractivity contribution in [3.63, 3.8) is 0 Å². The predicted octanol–water partition coefficient (Wildman–Crippen LogP) is -0.177. The van der Waals surface area contributed by atoms with E-state index in [1.807, 2.05) is 0 Å². The van der Waals surface area contributed by atoms with Gasteiger partial charge in [-0.2, -0.15) is 0 Å².